The summed E-state index contributed by atoms with van der Waals surface area (Å²) < 4.78 is 3.95. The van der Waals surface area contributed by atoms with Crippen LogP contribution in [0.25, 0.3) is 0 Å². The fourth-order valence-electron chi connectivity index (χ4n) is 5.06. The van der Waals surface area contributed by atoms with Crippen molar-refractivity contribution in [2.75, 3.05) is 17.2 Å². The number of aromatic nitrogens is 1. The normalized spacial score (nSPS) is 17.3. The molecule has 2 saturated carbocycles. The summed E-state index contributed by atoms with van der Waals surface area (Å²) in [4.78, 5) is 39.5. The van der Waals surface area contributed by atoms with Gasteiger partial charge in [0.1, 0.15) is 11.4 Å². The van der Waals surface area contributed by atoms with E-state index in [2.05, 4.69) is 21.8 Å². The summed E-state index contributed by atoms with van der Waals surface area (Å²) in [6, 6.07) is 8.02. The Kier molecular flexibility index (Phi) is 7.82. The first kappa shape index (κ1) is 24.2. The Bertz CT molecular complexity index is 1020. The predicted octanol–water partition coefficient (Wildman–Crippen LogP) is 3.97. The topological polar surface area (TPSA) is 131 Å². The van der Waals surface area contributed by atoms with E-state index in [-0.39, 0.29) is 34.8 Å². The van der Waals surface area contributed by atoms with Crippen LogP contribution in [-0.2, 0) is 4.79 Å². The van der Waals surface area contributed by atoms with Crippen molar-refractivity contribution in [3.05, 3.63) is 40.4 Å². The van der Waals surface area contributed by atoms with Crippen LogP contribution in [0.1, 0.15) is 95.8 Å². The highest BCUT2D eigenvalue weighted by atomic mass is 32.1. The van der Waals surface area contributed by atoms with Crippen molar-refractivity contribution in [2.24, 2.45) is 5.73 Å². The van der Waals surface area contributed by atoms with Crippen LogP contribution in [-0.4, -0.2) is 34.7 Å². The zero-order valence-corrected chi connectivity index (χ0v) is 20.2. The van der Waals surface area contributed by atoms with Gasteiger partial charge in [0.15, 0.2) is 5.69 Å². The summed E-state index contributed by atoms with van der Waals surface area (Å²) in [6.07, 6.45) is 11.4. The summed E-state index contributed by atoms with van der Waals surface area (Å²) in [5.74, 6) is -0.926. The summed E-state index contributed by atoms with van der Waals surface area (Å²) >= 11 is 0.825. The smallest absolute Gasteiger partial charge is 0.272 e. The summed E-state index contributed by atoms with van der Waals surface area (Å²) in [5, 5.41) is 3.08. The lowest BCUT2D eigenvalue weighted by atomic mass is 9.84. The van der Waals surface area contributed by atoms with Gasteiger partial charge in [-0.25, -0.2) is 0 Å². The number of carbonyl (C=O) groups excluding carboxylic acids is 3. The number of amides is 3. The van der Waals surface area contributed by atoms with Gasteiger partial charge < -0.3 is 16.8 Å². The molecular weight excluding hydrogens is 450 g/mol. The molecule has 2 aliphatic carbocycles. The lowest BCUT2D eigenvalue weighted by Crippen LogP contribution is -2.45. The van der Waals surface area contributed by atoms with Crippen molar-refractivity contribution in [3.8, 4) is 0 Å². The summed E-state index contributed by atoms with van der Waals surface area (Å²) in [5.41, 5.74) is 13.1. The number of nitrogens with two attached hydrogens (primary N) is 2. The molecule has 1 aromatic heterocycles. The Morgan fingerprint density at radius 3 is 2.18 bits per heavy atom. The maximum absolute atomic E-state index is 13.5. The van der Waals surface area contributed by atoms with Gasteiger partial charge in [0.25, 0.3) is 11.8 Å². The maximum Gasteiger partial charge on any atom is 0.272 e. The van der Waals surface area contributed by atoms with Gasteiger partial charge in [0.2, 0.25) is 5.91 Å². The molecule has 4 rings (SSSR count). The maximum atomic E-state index is 13.5. The van der Waals surface area contributed by atoms with Crippen molar-refractivity contribution in [1.82, 2.24) is 9.69 Å². The quantitative estimate of drug-likeness (QED) is 0.548. The number of nitrogen functional groups attached to an aromatic ring is 1. The molecule has 3 amide bonds. The SMILES string of the molecule is NC(=O)c1nsc(C(=O)N(CC(=O)NC2CCCCC2)c2ccc(C3CCCCC3)cc2)c1N. The molecule has 8 nitrogen and oxygen atoms in total. The number of nitrogens with zero attached hydrogens (tertiary/aromatic N) is 2. The third-order valence-electron chi connectivity index (χ3n) is 6.95. The number of nitrogens with one attached hydrogen (secondary N) is 1. The van der Waals surface area contributed by atoms with E-state index in [4.69, 9.17) is 11.5 Å². The summed E-state index contributed by atoms with van der Waals surface area (Å²) in [6.45, 7) is -0.138. The molecule has 5 N–H and O–H groups in total. The van der Waals surface area contributed by atoms with Crippen LogP contribution in [0.2, 0.25) is 0 Å². The molecule has 0 spiro atoms. The van der Waals surface area contributed by atoms with Crippen LogP contribution in [0, 0.1) is 0 Å². The number of carbonyl (C=O) groups is 3. The molecule has 2 aromatic rings. The largest absolute Gasteiger partial charge is 0.395 e. The molecule has 1 aromatic carbocycles. The van der Waals surface area contributed by atoms with Gasteiger partial charge in [-0.1, -0.05) is 50.7 Å². The predicted molar refractivity (Wildman–Crippen MR) is 134 cm³/mol. The first-order chi connectivity index (χ1) is 16.4. The molecule has 0 radical (unpaired) electrons. The Morgan fingerprint density at radius 1 is 0.971 bits per heavy atom. The first-order valence-corrected chi connectivity index (χ1v) is 13.0. The monoisotopic (exact) mass is 483 g/mol. The highest BCUT2D eigenvalue weighted by molar-refractivity contribution is 7.09. The third-order valence-corrected chi connectivity index (χ3v) is 7.81. The number of primary amides is 1. The molecule has 0 unspecified atom stereocenters. The number of anilines is 2. The van der Waals surface area contributed by atoms with Crippen LogP contribution >= 0.6 is 11.5 Å². The molecule has 2 aliphatic rings. The molecule has 2 fully saturated rings. The molecule has 0 saturated heterocycles. The van der Waals surface area contributed by atoms with Crippen molar-refractivity contribution in [2.45, 2.75) is 76.2 Å². The van der Waals surface area contributed by atoms with Gasteiger partial charge in [0, 0.05) is 11.7 Å². The fraction of sp³-hybridized carbons (Fsp3) is 0.520. The molecule has 0 bridgehead atoms. The minimum atomic E-state index is -0.786. The fourth-order valence-corrected chi connectivity index (χ4v) is 5.81. The van der Waals surface area contributed by atoms with Crippen LogP contribution in [0.15, 0.2) is 24.3 Å². The van der Waals surface area contributed by atoms with Gasteiger partial charge in [-0.2, -0.15) is 4.37 Å². The van der Waals surface area contributed by atoms with E-state index in [1.807, 2.05) is 12.1 Å². The van der Waals surface area contributed by atoms with Gasteiger partial charge in [-0.05, 0) is 60.8 Å². The van der Waals surface area contributed by atoms with E-state index in [0.717, 1.165) is 37.2 Å². The number of rotatable bonds is 7. The van der Waals surface area contributed by atoms with Crippen LogP contribution in [0.3, 0.4) is 0 Å². The van der Waals surface area contributed by atoms with Crippen LogP contribution in [0.5, 0.6) is 0 Å². The highest BCUT2D eigenvalue weighted by Crippen LogP contribution is 2.34. The van der Waals surface area contributed by atoms with Crippen molar-refractivity contribution >= 4 is 40.6 Å². The van der Waals surface area contributed by atoms with Crippen LogP contribution < -0.4 is 21.7 Å². The Hall–Kier alpha value is -2.94. The van der Waals surface area contributed by atoms with Gasteiger partial charge in [-0.15, -0.1) is 0 Å². The molecule has 0 atom stereocenters. The Morgan fingerprint density at radius 2 is 1.59 bits per heavy atom. The number of hydrogen-bond donors (Lipinski definition) is 3. The second kappa shape index (κ2) is 11.0. The molecule has 182 valence electrons. The van der Waals surface area contributed by atoms with Crippen molar-refractivity contribution in [1.29, 1.82) is 0 Å². The van der Waals surface area contributed by atoms with Gasteiger partial charge in [0.05, 0.1) is 5.69 Å². The van der Waals surface area contributed by atoms with E-state index in [1.54, 1.807) is 0 Å². The Labute approximate surface area is 204 Å². The second-order valence-electron chi connectivity index (χ2n) is 9.36. The van der Waals surface area contributed by atoms with E-state index in [0.29, 0.717) is 11.6 Å². The molecular formula is C25H33N5O3S. The lowest BCUT2D eigenvalue weighted by molar-refractivity contribution is -0.120. The van der Waals surface area contributed by atoms with E-state index in [9.17, 15) is 14.4 Å². The molecule has 9 heteroatoms. The average Bonchev–Trinajstić information content (AvgIpc) is 3.25. The lowest BCUT2D eigenvalue weighted by Gasteiger charge is -2.27. The second-order valence-corrected chi connectivity index (χ2v) is 10.1. The van der Waals surface area contributed by atoms with Crippen molar-refractivity contribution < 1.29 is 14.4 Å². The zero-order chi connectivity index (χ0) is 24.1. The molecule has 1 heterocycles. The van der Waals surface area contributed by atoms with Gasteiger partial charge >= 0.3 is 0 Å². The number of benzene rings is 1. The van der Waals surface area contributed by atoms with E-state index < -0.39 is 11.8 Å². The zero-order valence-electron chi connectivity index (χ0n) is 19.4. The average molecular weight is 484 g/mol. The standard InChI is InChI=1S/C25H33N5O3S/c26-21-22(24(27)32)29-34-23(21)25(33)30(15-20(31)28-18-9-5-2-6-10-18)19-13-11-17(12-14-19)16-7-3-1-4-8-16/h11-14,16,18H,1-10,15,26H2,(H2,27,32)(H,28,31). The Balaban J connectivity index is 1.57. The number of hydrogen-bond acceptors (Lipinski definition) is 6. The molecule has 0 aliphatic heterocycles. The van der Waals surface area contributed by atoms with Crippen molar-refractivity contribution in [3.63, 3.8) is 0 Å². The van der Waals surface area contributed by atoms with Gasteiger partial charge in [-0.3, -0.25) is 19.3 Å². The van der Waals surface area contributed by atoms with E-state index >= 15 is 0 Å². The summed E-state index contributed by atoms with van der Waals surface area (Å²) in [7, 11) is 0. The van der Waals surface area contributed by atoms with Crippen LogP contribution in [0.4, 0.5) is 11.4 Å². The van der Waals surface area contributed by atoms with E-state index in [1.165, 1.54) is 49.0 Å². The minimum Gasteiger partial charge on any atom is -0.395 e. The minimum absolute atomic E-state index is 0.0426. The molecule has 34 heavy (non-hydrogen) atoms. The third kappa shape index (κ3) is 5.58. The highest BCUT2D eigenvalue weighted by Gasteiger charge is 2.28. The first-order valence-electron chi connectivity index (χ1n) is 12.2.